The van der Waals surface area contributed by atoms with Crippen LogP contribution in [-0.2, 0) is 0 Å². The van der Waals surface area contributed by atoms with Gasteiger partial charge in [-0.3, -0.25) is 0 Å². The third kappa shape index (κ3) is 0.711. The van der Waals surface area contributed by atoms with Crippen LogP contribution in [0.1, 0.15) is 46.5 Å². The molecule has 2 rings (SSSR count). The summed E-state index contributed by atoms with van der Waals surface area (Å²) in [6, 6.07) is 0. The Kier molecular flexibility index (Phi) is 1.56. The molecule has 0 spiro atoms. The van der Waals surface area contributed by atoms with Gasteiger partial charge in [-0.1, -0.05) is 27.2 Å². The van der Waals surface area contributed by atoms with Gasteiger partial charge in [0.15, 0.2) is 0 Å². The first-order valence-corrected chi connectivity index (χ1v) is 5.21. The zero-order valence-corrected chi connectivity index (χ0v) is 8.06. The van der Waals surface area contributed by atoms with E-state index in [-0.39, 0.29) is 0 Å². The SMILES string of the molecule is CCC1CC2CCC12C(C)C. The van der Waals surface area contributed by atoms with E-state index in [2.05, 4.69) is 20.8 Å². The average molecular weight is 152 g/mol. The number of hydrogen-bond donors (Lipinski definition) is 0. The van der Waals surface area contributed by atoms with Crippen molar-refractivity contribution in [1.29, 1.82) is 0 Å². The van der Waals surface area contributed by atoms with Crippen molar-refractivity contribution in [2.75, 3.05) is 0 Å². The maximum Gasteiger partial charge on any atom is -0.0218 e. The van der Waals surface area contributed by atoms with Gasteiger partial charge in [-0.2, -0.15) is 0 Å². The summed E-state index contributed by atoms with van der Waals surface area (Å²) in [7, 11) is 0. The van der Waals surface area contributed by atoms with Crippen LogP contribution in [0.2, 0.25) is 0 Å². The quantitative estimate of drug-likeness (QED) is 0.568. The minimum Gasteiger partial charge on any atom is -0.0651 e. The van der Waals surface area contributed by atoms with Crippen LogP contribution < -0.4 is 0 Å². The molecule has 0 aromatic carbocycles. The highest BCUT2D eigenvalue weighted by Gasteiger charge is 2.60. The average Bonchev–Trinajstić information content (AvgIpc) is 1.93. The topological polar surface area (TPSA) is 0 Å². The molecule has 2 aliphatic rings. The Balaban J connectivity index is 2.09. The molecule has 11 heavy (non-hydrogen) atoms. The lowest BCUT2D eigenvalue weighted by Gasteiger charge is -2.67. The van der Waals surface area contributed by atoms with E-state index in [1.807, 2.05) is 0 Å². The van der Waals surface area contributed by atoms with Gasteiger partial charge in [-0.25, -0.2) is 0 Å². The minimum atomic E-state index is 0.828. The van der Waals surface area contributed by atoms with Crippen LogP contribution in [0.3, 0.4) is 0 Å². The number of hydrogen-bond acceptors (Lipinski definition) is 0. The second kappa shape index (κ2) is 2.24. The molecule has 2 fully saturated rings. The summed E-state index contributed by atoms with van der Waals surface area (Å²) in [4.78, 5) is 0. The van der Waals surface area contributed by atoms with Crippen LogP contribution in [0, 0.1) is 23.2 Å². The Hall–Kier alpha value is 0. The number of rotatable bonds is 2. The van der Waals surface area contributed by atoms with E-state index in [1.54, 1.807) is 6.42 Å². The van der Waals surface area contributed by atoms with Crippen LogP contribution >= 0.6 is 0 Å². The van der Waals surface area contributed by atoms with Gasteiger partial charge in [0.2, 0.25) is 0 Å². The van der Waals surface area contributed by atoms with Crippen LogP contribution in [0.25, 0.3) is 0 Å². The standard InChI is InChI=1S/C11H20/c1-4-9-7-10-5-6-11(9,10)8(2)3/h8-10H,4-7H2,1-3H3. The van der Waals surface area contributed by atoms with Crippen molar-refractivity contribution in [2.24, 2.45) is 23.2 Å². The van der Waals surface area contributed by atoms with Crippen molar-refractivity contribution in [1.82, 2.24) is 0 Å². The lowest BCUT2D eigenvalue weighted by Crippen LogP contribution is -2.59. The minimum absolute atomic E-state index is 0.828. The van der Waals surface area contributed by atoms with Crippen molar-refractivity contribution in [3.63, 3.8) is 0 Å². The molecule has 0 heteroatoms. The molecule has 0 nitrogen and oxygen atoms in total. The van der Waals surface area contributed by atoms with Gasteiger partial charge in [-0.05, 0) is 42.4 Å². The molecule has 2 saturated carbocycles. The second-order valence-electron chi connectivity index (χ2n) is 4.84. The molecule has 0 aromatic rings. The molecular formula is C11H20. The Bertz CT molecular complexity index is 155. The predicted octanol–water partition coefficient (Wildman–Crippen LogP) is 3.47. The van der Waals surface area contributed by atoms with Crippen LogP contribution in [0.5, 0.6) is 0 Å². The molecular weight excluding hydrogens is 132 g/mol. The van der Waals surface area contributed by atoms with Crippen LogP contribution in [0.4, 0.5) is 0 Å². The first-order valence-electron chi connectivity index (χ1n) is 5.21. The lowest BCUT2D eigenvalue weighted by atomic mass is 9.38. The summed E-state index contributed by atoms with van der Waals surface area (Å²) in [5, 5.41) is 0. The molecule has 0 radical (unpaired) electrons. The summed E-state index contributed by atoms with van der Waals surface area (Å²) >= 11 is 0. The fraction of sp³-hybridized carbons (Fsp3) is 1.00. The highest BCUT2D eigenvalue weighted by molar-refractivity contribution is 5.09. The van der Waals surface area contributed by atoms with Crippen molar-refractivity contribution in [3.05, 3.63) is 0 Å². The van der Waals surface area contributed by atoms with Gasteiger partial charge < -0.3 is 0 Å². The first-order chi connectivity index (χ1) is 5.21. The molecule has 0 aliphatic heterocycles. The zero-order chi connectivity index (χ0) is 8.06. The van der Waals surface area contributed by atoms with E-state index in [0.29, 0.717) is 0 Å². The summed E-state index contributed by atoms with van der Waals surface area (Å²) in [5.74, 6) is 3.16. The Morgan fingerprint density at radius 1 is 1.45 bits per heavy atom. The molecule has 0 N–H and O–H groups in total. The Labute approximate surface area is 70.4 Å². The summed E-state index contributed by atoms with van der Waals surface area (Å²) in [6.45, 7) is 7.21. The normalized spacial score (nSPS) is 48.0. The maximum atomic E-state index is 2.42. The molecule has 2 aliphatic carbocycles. The maximum absolute atomic E-state index is 2.42. The van der Waals surface area contributed by atoms with E-state index in [4.69, 9.17) is 0 Å². The molecule has 0 aromatic heterocycles. The fourth-order valence-corrected chi connectivity index (χ4v) is 3.74. The molecule has 0 saturated heterocycles. The van der Waals surface area contributed by atoms with Gasteiger partial charge in [0.05, 0.1) is 0 Å². The summed E-state index contributed by atoms with van der Waals surface area (Å²) < 4.78 is 0. The smallest absolute Gasteiger partial charge is 0.0218 e. The van der Waals surface area contributed by atoms with E-state index in [1.165, 1.54) is 19.3 Å². The molecule has 0 heterocycles. The van der Waals surface area contributed by atoms with Crippen molar-refractivity contribution in [2.45, 2.75) is 46.5 Å². The second-order valence-corrected chi connectivity index (χ2v) is 4.84. The van der Waals surface area contributed by atoms with Gasteiger partial charge in [0.1, 0.15) is 0 Å². The van der Waals surface area contributed by atoms with Gasteiger partial charge in [0, 0.05) is 0 Å². The van der Waals surface area contributed by atoms with Crippen molar-refractivity contribution in [3.8, 4) is 0 Å². The van der Waals surface area contributed by atoms with Crippen molar-refractivity contribution < 1.29 is 0 Å². The van der Waals surface area contributed by atoms with Crippen molar-refractivity contribution >= 4 is 0 Å². The predicted molar refractivity (Wildman–Crippen MR) is 48.4 cm³/mol. The largest absolute Gasteiger partial charge is 0.0651 e. The Morgan fingerprint density at radius 2 is 2.18 bits per heavy atom. The van der Waals surface area contributed by atoms with E-state index in [9.17, 15) is 0 Å². The van der Waals surface area contributed by atoms with E-state index in [0.717, 1.165) is 23.2 Å². The van der Waals surface area contributed by atoms with Crippen LogP contribution in [-0.4, -0.2) is 0 Å². The monoisotopic (exact) mass is 152 g/mol. The van der Waals surface area contributed by atoms with Gasteiger partial charge >= 0.3 is 0 Å². The summed E-state index contributed by atoms with van der Waals surface area (Å²) in [5.41, 5.74) is 0.828. The highest BCUT2D eigenvalue weighted by Crippen LogP contribution is 2.68. The number of fused-ring (bicyclic) bond motifs is 1. The third-order valence-corrected chi connectivity index (χ3v) is 4.58. The molecule has 3 atom stereocenters. The first kappa shape index (κ1) is 7.64. The molecule has 64 valence electrons. The summed E-state index contributed by atoms with van der Waals surface area (Å²) in [6.07, 6.45) is 6.05. The highest BCUT2D eigenvalue weighted by atomic mass is 14.6. The zero-order valence-electron chi connectivity index (χ0n) is 8.06. The van der Waals surface area contributed by atoms with E-state index < -0.39 is 0 Å². The molecule has 3 unspecified atom stereocenters. The Morgan fingerprint density at radius 3 is 2.36 bits per heavy atom. The van der Waals surface area contributed by atoms with Gasteiger partial charge in [-0.15, -0.1) is 0 Å². The van der Waals surface area contributed by atoms with E-state index >= 15 is 0 Å². The third-order valence-electron chi connectivity index (χ3n) is 4.58. The fourth-order valence-electron chi connectivity index (χ4n) is 3.74. The molecule has 0 amide bonds. The van der Waals surface area contributed by atoms with Gasteiger partial charge in [0.25, 0.3) is 0 Å². The van der Waals surface area contributed by atoms with Crippen LogP contribution in [0.15, 0.2) is 0 Å². The molecule has 0 bridgehead atoms. The lowest BCUT2D eigenvalue weighted by molar-refractivity contribution is -0.175.